The van der Waals surface area contributed by atoms with Crippen LogP contribution in [0.5, 0.6) is 0 Å². The fraction of sp³-hybridized carbons (Fsp3) is 0.667. The smallest absolute Gasteiger partial charge is 0.168 e. The minimum absolute atomic E-state index is 0.0417. The largest absolute Gasteiger partial charge is 0.373 e. The van der Waals surface area contributed by atoms with Gasteiger partial charge in [0.2, 0.25) is 0 Å². The van der Waals surface area contributed by atoms with Gasteiger partial charge in [-0.2, -0.15) is 0 Å². The van der Waals surface area contributed by atoms with Crippen molar-refractivity contribution in [3.05, 3.63) is 0 Å². The number of hydrogen-bond acceptors (Lipinski definition) is 3. The van der Waals surface area contributed by atoms with Gasteiger partial charge in [-0.3, -0.25) is 4.79 Å². The summed E-state index contributed by atoms with van der Waals surface area (Å²) in [4.78, 5) is 10.8. The van der Waals surface area contributed by atoms with Crippen LogP contribution in [0.3, 0.4) is 0 Å². The lowest BCUT2D eigenvalue weighted by Crippen LogP contribution is -2.56. The molecule has 0 amide bonds. The highest BCUT2D eigenvalue weighted by molar-refractivity contribution is 7.80. The third-order valence-electron chi connectivity index (χ3n) is 1.66. The molecule has 0 aromatic carbocycles. The van der Waals surface area contributed by atoms with Gasteiger partial charge < -0.3 is 15.7 Å². The molecule has 1 saturated heterocycles. The fourth-order valence-corrected chi connectivity index (χ4v) is 1.17. The van der Waals surface area contributed by atoms with E-state index >= 15 is 0 Å². The molecule has 11 heavy (non-hydrogen) atoms. The van der Waals surface area contributed by atoms with Gasteiger partial charge >= 0.3 is 0 Å². The van der Waals surface area contributed by atoms with Gasteiger partial charge in [-0.25, -0.2) is 0 Å². The minimum atomic E-state index is -0.832. The van der Waals surface area contributed by atoms with E-state index < -0.39 is 6.23 Å². The fourth-order valence-electron chi connectivity index (χ4n) is 0.966. The summed E-state index contributed by atoms with van der Waals surface area (Å²) in [7, 11) is 0. The molecule has 62 valence electrons. The highest BCUT2D eigenvalue weighted by Crippen LogP contribution is 2.05. The minimum Gasteiger partial charge on any atom is -0.373 e. The highest BCUT2D eigenvalue weighted by Gasteiger charge is 2.27. The van der Waals surface area contributed by atoms with Crippen molar-refractivity contribution < 1.29 is 9.90 Å². The molecule has 0 spiro atoms. The van der Waals surface area contributed by atoms with Crippen LogP contribution in [0, 0.1) is 5.92 Å². The van der Waals surface area contributed by atoms with Crippen LogP contribution >= 0.6 is 12.2 Å². The first-order valence-electron chi connectivity index (χ1n) is 3.34. The maximum Gasteiger partial charge on any atom is 0.168 e. The van der Waals surface area contributed by atoms with Crippen molar-refractivity contribution in [2.24, 2.45) is 5.92 Å². The van der Waals surface area contributed by atoms with Gasteiger partial charge in [-0.15, -0.1) is 0 Å². The van der Waals surface area contributed by atoms with E-state index in [0.717, 1.165) is 0 Å². The third-order valence-corrected chi connectivity index (χ3v) is 1.93. The Morgan fingerprint density at radius 2 is 2.45 bits per heavy atom. The van der Waals surface area contributed by atoms with E-state index in [0.29, 0.717) is 11.7 Å². The van der Waals surface area contributed by atoms with Crippen molar-refractivity contribution in [2.75, 3.05) is 6.54 Å². The van der Waals surface area contributed by atoms with Crippen LogP contribution in [-0.2, 0) is 4.79 Å². The van der Waals surface area contributed by atoms with Crippen LogP contribution in [0.15, 0.2) is 0 Å². The molecule has 3 N–H and O–H groups in total. The predicted molar refractivity (Wildman–Crippen MR) is 43.9 cm³/mol. The summed E-state index contributed by atoms with van der Waals surface area (Å²) in [6.07, 6.45) is -0.832. The van der Waals surface area contributed by atoms with Crippen LogP contribution in [0.1, 0.15) is 6.92 Å². The normalized spacial score (nSPS) is 30.5. The first-order chi connectivity index (χ1) is 5.11. The topological polar surface area (TPSA) is 61.4 Å². The number of carbonyl (C=O) groups is 1. The molecule has 0 bridgehead atoms. The van der Waals surface area contributed by atoms with Crippen LogP contribution in [0.25, 0.3) is 0 Å². The van der Waals surface area contributed by atoms with Gasteiger partial charge in [-0.1, -0.05) is 0 Å². The van der Waals surface area contributed by atoms with Gasteiger partial charge in [0.1, 0.15) is 12.0 Å². The Labute approximate surface area is 70.0 Å². The number of ketones is 1. The second-order valence-corrected chi connectivity index (χ2v) is 2.92. The van der Waals surface area contributed by atoms with Crippen molar-refractivity contribution >= 4 is 23.1 Å². The number of aliphatic hydroxyl groups is 1. The van der Waals surface area contributed by atoms with Crippen molar-refractivity contribution in [1.29, 1.82) is 0 Å². The molecule has 0 radical (unpaired) electrons. The number of hydrogen-bond donors (Lipinski definition) is 3. The molecule has 0 aliphatic carbocycles. The molecular weight excluding hydrogens is 164 g/mol. The molecule has 1 aliphatic heterocycles. The number of thiocarbonyl (C=S) groups is 1. The van der Waals surface area contributed by atoms with Crippen molar-refractivity contribution in [3.63, 3.8) is 0 Å². The van der Waals surface area contributed by atoms with Gasteiger partial charge in [0.25, 0.3) is 0 Å². The molecule has 2 atom stereocenters. The maximum absolute atomic E-state index is 10.8. The molecular formula is C6H10N2O2S. The van der Waals surface area contributed by atoms with Crippen molar-refractivity contribution in [1.82, 2.24) is 10.6 Å². The molecule has 0 saturated carbocycles. The molecule has 1 fully saturated rings. The van der Waals surface area contributed by atoms with Gasteiger partial charge in [0.15, 0.2) is 5.11 Å². The third kappa shape index (κ3) is 1.87. The molecule has 1 rings (SSSR count). The SMILES string of the molecule is CC(=O)C1CNC(=S)NC1O. The summed E-state index contributed by atoms with van der Waals surface area (Å²) in [6.45, 7) is 1.87. The zero-order valence-corrected chi connectivity index (χ0v) is 6.94. The number of nitrogens with one attached hydrogen (secondary N) is 2. The molecule has 4 nitrogen and oxygen atoms in total. The molecule has 2 unspecified atom stereocenters. The average Bonchev–Trinajstić information content (AvgIpc) is 1.85. The van der Waals surface area contributed by atoms with Gasteiger partial charge in [-0.05, 0) is 19.1 Å². The first-order valence-corrected chi connectivity index (χ1v) is 3.75. The van der Waals surface area contributed by atoms with Crippen LogP contribution in [0.2, 0.25) is 0 Å². The van der Waals surface area contributed by atoms with E-state index in [-0.39, 0.29) is 11.7 Å². The van der Waals surface area contributed by atoms with E-state index in [1.807, 2.05) is 0 Å². The number of carbonyl (C=O) groups excluding carboxylic acids is 1. The Kier molecular flexibility index (Phi) is 2.41. The second-order valence-electron chi connectivity index (χ2n) is 2.52. The van der Waals surface area contributed by atoms with E-state index in [1.165, 1.54) is 6.92 Å². The molecule has 0 aromatic heterocycles. The highest BCUT2D eigenvalue weighted by atomic mass is 32.1. The summed E-state index contributed by atoms with van der Waals surface area (Å²) in [6, 6.07) is 0. The summed E-state index contributed by atoms with van der Waals surface area (Å²) in [5.74, 6) is -0.429. The predicted octanol–water partition coefficient (Wildman–Crippen LogP) is -1.01. The van der Waals surface area contributed by atoms with Crippen LogP contribution < -0.4 is 10.6 Å². The first kappa shape index (κ1) is 8.42. The Hall–Kier alpha value is -0.680. The Bertz CT molecular complexity index is 195. The van der Waals surface area contributed by atoms with E-state index in [2.05, 4.69) is 10.6 Å². The molecule has 1 aliphatic rings. The van der Waals surface area contributed by atoms with Crippen molar-refractivity contribution in [3.8, 4) is 0 Å². The number of rotatable bonds is 1. The summed E-state index contributed by atoms with van der Waals surface area (Å²) in [5.41, 5.74) is 0. The number of aliphatic hydroxyl groups excluding tert-OH is 1. The van der Waals surface area contributed by atoms with Crippen LogP contribution in [0.4, 0.5) is 0 Å². The summed E-state index contributed by atoms with van der Waals surface area (Å²) in [5, 5.41) is 15.0. The zero-order chi connectivity index (χ0) is 8.43. The van der Waals surface area contributed by atoms with Gasteiger partial charge in [0, 0.05) is 6.54 Å². The number of Topliss-reactive ketones (excluding diaryl/α,β-unsaturated/α-hetero) is 1. The Morgan fingerprint density at radius 1 is 1.82 bits per heavy atom. The molecule has 5 heteroatoms. The van der Waals surface area contributed by atoms with E-state index in [1.54, 1.807) is 0 Å². The molecule has 0 aromatic rings. The Balaban J connectivity index is 2.57. The Morgan fingerprint density at radius 3 is 2.91 bits per heavy atom. The second kappa shape index (κ2) is 3.15. The van der Waals surface area contributed by atoms with Crippen LogP contribution in [-0.4, -0.2) is 28.8 Å². The lowest BCUT2D eigenvalue weighted by atomic mass is 10.0. The summed E-state index contributed by atoms with van der Waals surface area (Å²) < 4.78 is 0. The lowest BCUT2D eigenvalue weighted by Gasteiger charge is -2.28. The van der Waals surface area contributed by atoms with E-state index in [4.69, 9.17) is 12.2 Å². The quantitative estimate of drug-likeness (QED) is 0.445. The monoisotopic (exact) mass is 174 g/mol. The average molecular weight is 174 g/mol. The lowest BCUT2D eigenvalue weighted by molar-refractivity contribution is -0.124. The zero-order valence-electron chi connectivity index (χ0n) is 6.13. The standard InChI is InChI=1S/C6H10N2O2S/c1-3(9)4-2-7-6(11)8-5(4)10/h4-5,10H,2H2,1H3,(H2,7,8,11). The molecule has 1 heterocycles. The van der Waals surface area contributed by atoms with Gasteiger partial charge in [0.05, 0.1) is 5.92 Å². The van der Waals surface area contributed by atoms with Crippen molar-refractivity contribution in [2.45, 2.75) is 13.2 Å². The summed E-state index contributed by atoms with van der Waals surface area (Å²) >= 11 is 4.73. The van der Waals surface area contributed by atoms with E-state index in [9.17, 15) is 9.90 Å². The maximum atomic E-state index is 10.8.